The number of thiophene rings is 1. The van der Waals surface area contributed by atoms with Crippen LogP contribution in [0.3, 0.4) is 0 Å². The van der Waals surface area contributed by atoms with E-state index < -0.39 is 28.9 Å². The van der Waals surface area contributed by atoms with E-state index in [1.54, 1.807) is 20.8 Å². The van der Waals surface area contributed by atoms with E-state index in [0.29, 0.717) is 34.2 Å². The van der Waals surface area contributed by atoms with E-state index in [1.165, 1.54) is 0 Å². The van der Waals surface area contributed by atoms with E-state index in [4.69, 9.17) is 0 Å². The largest absolute Gasteiger partial charge is 0.417 e. The number of hydrogen-bond acceptors (Lipinski definition) is 5. The lowest BCUT2D eigenvalue weighted by Gasteiger charge is -2.09. The zero-order valence-corrected chi connectivity index (χ0v) is 14.7. The molecule has 0 saturated carbocycles. The van der Waals surface area contributed by atoms with Gasteiger partial charge in [0.05, 0.1) is 10.4 Å². The number of aromatic nitrogens is 3. The number of amides is 1. The maximum atomic E-state index is 12.8. The topological polar surface area (TPSA) is 87.7 Å². The minimum atomic E-state index is -4.64. The zero-order valence-electron chi connectivity index (χ0n) is 13.9. The average molecular weight is 382 g/mol. The van der Waals surface area contributed by atoms with Crippen LogP contribution in [0.5, 0.6) is 0 Å². The maximum Gasteiger partial charge on any atom is 0.417 e. The molecular formula is C16H13F3N4O2S. The molecule has 0 spiro atoms. The number of anilines is 1. The lowest BCUT2D eigenvalue weighted by Crippen LogP contribution is -2.21. The first-order valence-corrected chi connectivity index (χ1v) is 8.25. The molecule has 10 heteroatoms. The van der Waals surface area contributed by atoms with Gasteiger partial charge in [-0.2, -0.15) is 13.2 Å². The van der Waals surface area contributed by atoms with Crippen LogP contribution in [-0.2, 0) is 6.18 Å². The van der Waals surface area contributed by atoms with Gasteiger partial charge in [0.25, 0.3) is 11.5 Å². The van der Waals surface area contributed by atoms with E-state index >= 15 is 0 Å². The van der Waals surface area contributed by atoms with Crippen LogP contribution in [0, 0.1) is 20.8 Å². The lowest BCUT2D eigenvalue weighted by atomic mass is 10.1. The van der Waals surface area contributed by atoms with Crippen LogP contribution in [0.25, 0.3) is 10.2 Å². The van der Waals surface area contributed by atoms with Crippen molar-refractivity contribution >= 4 is 33.1 Å². The normalized spacial score (nSPS) is 11.8. The summed E-state index contributed by atoms with van der Waals surface area (Å²) in [5.74, 6) is -0.120. The highest BCUT2D eigenvalue weighted by atomic mass is 32.1. The molecule has 0 aromatic carbocycles. The van der Waals surface area contributed by atoms with Gasteiger partial charge in [-0.05, 0) is 32.4 Å². The van der Waals surface area contributed by atoms with Gasteiger partial charge in [0, 0.05) is 17.3 Å². The van der Waals surface area contributed by atoms with Gasteiger partial charge in [-0.3, -0.25) is 9.59 Å². The summed E-state index contributed by atoms with van der Waals surface area (Å²) in [6, 6.07) is 0.606. The summed E-state index contributed by atoms with van der Waals surface area (Å²) in [6.07, 6.45) is -4.08. The predicted octanol–water partition coefficient (Wildman–Crippen LogP) is 3.58. The molecule has 0 fully saturated rings. The fraction of sp³-hybridized carbons (Fsp3) is 0.250. The average Bonchev–Trinajstić information content (AvgIpc) is 2.85. The third-order valence-electron chi connectivity index (χ3n) is 3.77. The minimum Gasteiger partial charge on any atom is -0.327 e. The number of fused-ring (bicyclic) bond motifs is 1. The number of aryl methyl sites for hydroxylation is 3. The number of H-pyrrole nitrogens is 1. The van der Waals surface area contributed by atoms with Crippen LogP contribution >= 0.6 is 11.3 Å². The Hall–Kier alpha value is -2.75. The Labute approximate surface area is 149 Å². The fourth-order valence-corrected chi connectivity index (χ4v) is 3.78. The van der Waals surface area contributed by atoms with E-state index in [1.807, 2.05) is 4.98 Å². The van der Waals surface area contributed by atoms with E-state index in [2.05, 4.69) is 15.3 Å². The molecule has 0 radical (unpaired) electrons. The summed E-state index contributed by atoms with van der Waals surface area (Å²) < 4.78 is 38.4. The van der Waals surface area contributed by atoms with Crippen LogP contribution < -0.4 is 10.9 Å². The van der Waals surface area contributed by atoms with Crippen molar-refractivity contribution in [2.24, 2.45) is 0 Å². The van der Waals surface area contributed by atoms with Crippen molar-refractivity contribution in [2.45, 2.75) is 26.9 Å². The van der Waals surface area contributed by atoms with Crippen LogP contribution in [0.2, 0.25) is 0 Å². The first kappa shape index (κ1) is 18.1. The van der Waals surface area contributed by atoms with Crippen LogP contribution in [-0.4, -0.2) is 20.9 Å². The van der Waals surface area contributed by atoms with E-state index in [9.17, 15) is 22.8 Å². The number of alkyl halides is 3. The molecule has 136 valence electrons. The SMILES string of the molecule is Cc1nc(C)c2c(C)c(C(=O)Nc3cc(C(F)(F)F)c[nH]c3=O)sc2n1. The maximum absolute atomic E-state index is 12.8. The Kier molecular flexibility index (Phi) is 4.31. The molecule has 3 aromatic rings. The quantitative estimate of drug-likeness (QED) is 0.709. The molecule has 0 aliphatic carbocycles. The van der Waals surface area contributed by atoms with Gasteiger partial charge in [0.1, 0.15) is 16.3 Å². The van der Waals surface area contributed by atoms with Crippen molar-refractivity contribution in [3.63, 3.8) is 0 Å². The molecule has 26 heavy (non-hydrogen) atoms. The number of hydrogen-bond donors (Lipinski definition) is 2. The van der Waals surface area contributed by atoms with E-state index in [0.717, 1.165) is 16.7 Å². The molecular weight excluding hydrogens is 369 g/mol. The van der Waals surface area contributed by atoms with Gasteiger partial charge in [-0.1, -0.05) is 0 Å². The summed E-state index contributed by atoms with van der Waals surface area (Å²) in [4.78, 5) is 35.7. The molecule has 3 rings (SSSR count). The second-order valence-electron chi connectivity index (χ2n) is 5.68. The smallest absolute Gasteiger partial charge is 0.327 e. The summed E-state index contributed by atoms with van der Waals surface area (Å²) in [6.45, 7) is 5.22. The number of rotatable bonds is 2. The predicted molar refractivity (Wildman–Crippen MR) is 91.6 cm³/mol. The Balaban J connectivity index is 2.02. The van der Waals surface area contributed by atoms with Gasteiger partial charge in [0.15, 0.2) is 0 Å². The number of nitrogens with zero attached hydrogens (tertiary/aromatic N) is 2. The molecule has 1 amide bonds. The molecule has 2 N–H and O–H groups in total. The van der Waals surface area contributed by atoms with Crippen LogP contribution in [0.1, 0.15) is 32.3 Å². The molecule has 3 aromatic heterocycles. The Morgan fingerprint density at radius 1 is 1.23 bits per heavy atom. The van der Waals surface area contributed by atoms with Gasteiger partial charge in [-0.15, -0.1) is 11.3 Å². The molecule has 0 atom stereocenters. The number of carbonyl (C=O) groups is 1. The lowest BCUT2D eigenvalue weighted by molar-refractivity contribution is -0.137. The Bertz CT molecular complexity index is 1090. The van der Waals surface area contributed by atoms with Crippen LogP contribution in [0.4, 0.5) is 18.9 Å². The fourth-order valence-electron chi connectivity index (χ4n) is 2.61. The standard InChI is InChI=1S/C16H13F3N4O2S/c1-6-11-7(2)21-8(3)22-15(11)26-12(6)14(25)23-10-4-9(16(17,18)19)5-20-13(10)24/h4-5H,1-3H3,(H,20,24)(H,23,25). The summed E-state index contributed by atoms with van der Waals surface area (Å²) >= 11 is 1.10. The molecule has 0 aliphatic heterocycles. The summed E-state index contributed by atoms with van der Waals surface area (Å²) in [5.41, 5.74) is -1.03. The van der Waals surface area contributed by atoms with Crippen molar-refractivity contribution < 1.29 is 18.0 Å². The van der Waals surface area contributed by atoms with E-state index in [-0.39, 0.29) is 4.88 Å². The highest BCUT2D eigenvalue weighted by molar-refractivity contribution is 7.20. The molecule has 3 heterocycles. The highest BCUT2D eigenvalue weighted by Gasteiger charge is 2.31. The number of aromatic amines is 1. The van der Waals surface area contributed by atoms with Crippen molar-refractivity contribution in [2.75, 3.05) is 5.32 Å². The van der Waals surface area contributed by atoms with Gasteiger partial charge >= 0.3 is 6.18 Å². The number of halogens is 3. The molecule has 0 aliphatic rings. The van der Waals surface area contributed by atoms with Crippen LogP contribution in [0.15, 0.2) is 17.1 Å². The molecule has 6 nitrogen and oxygen atoms in total. The minimum absolute atomic E-state index is 0.264. The second-order valence-corrected chi connectivity index (χ2v) is 6.67. The number of pyridine rings is 1. The summed E-state index contributed by atoms with van der Waals surface area (Å²) in [7, 11) is 0. The van der Waals surface area contributed by atoms with Gasteiger partial charge in [0.2, 0.25) is 0 Å². The zero-order chi connectivity index (χ0) is 19.2. The van der Waals surface area contributed by atoms with Crippen molar-refractivity contribution in [1.29, 1.82) is 0 Å². The molecule has 0 unspecified atom stereocenters. The third-order valence-corrected chi connectivity index (χ3v) is 4.95. The molecule has 0 saturated heterocycles. The van der Waals surface area contributed by atoms with Crippen molar-refractivity contribution in [3.8, 4) is 0 Å². The monoisotopic (exact) mass is 382 g/mol. The first-order chi connectivity index (χ1) is 12.1. The van der Waals surface area contributed by atoms with Gasteiger partial charge in [-0.25, -0.2) is 9.97 Å². The van der Waals surface area contributed by atoms with Gasteiger partial charge < -0.3 is 10.3 Å². The Morgan fingerprint density at radius 3 is 2.58 bits per heavy atom. The Morgan fingerprint density at radius 2 is 1.92 bits per heavy atom. The first-order valence-electron chi connectivity index (χ1n) is 7.43. The highest BCUT2D eigenvalue weighted by Crippen LogP contribution is 2.32. The number of carbonyl (C=O) groups excluding carboxylic acids is 1. The molecule has 0 bridgehead atoms. The van der Waals surface area contributed by atoms with Crippen molar-refractivity contribution in [3.05, 3.63) is 50.1 Å². The number of nitrogens with one attached hydrogen (secondary N) is 2. The third kappa shape index (κ3) is 3.19. The second kappa shape index (κ2) is 6.20. The van der Waals surface area contributed by atoms with Crippen molar-refractivity contribution in [1.82, 2.24) is 15.0 Å². The summed E-state index contributed by atoms with van der Waals surface area (Å²) in [5, 5.41) is 2.98.